The van der Waals surface area contributed by atoms with Gasteiger partial charge in [0.05, 0.1) is 18.1 Å². The zero-order chi connectivity index (χ0) is 13.2. The molecule has 7 nitrogen and oxygen atoms in total. The second-order valence-electron chi connectivity index (χ2n) is 5.36. The number of aromatic nitrogens is 6. The molecule has 0 fully saturated rings. The van der Waals surface area contributed by atoms with Crippen molar-refractivity contribution < 1.29 is 0 Å². The van der Waals surface area contributed by atoms with Gasteiger partial charge in [0.15, 0.2) is 5.82 Å². The molecular weight excluding hydrogens is 230 g/mol. The third-order valence-corrected chi connectivity index (χ3v) is 2.64. The molecule has 0 aromatic carbocycles. The SMILES string of the molecule is CC(c1nn[nH]n1)n1cnc(CNC(C)(C)C)c1. The minimum absolute atomic E-state index is 0.0274. The second kappa shape index (κ2) is 4.85. The summed E-state index contributed by atoms with van der Waals surface area (Å²) < 4.78 is 1.98. The molecule has 0 radical (unpaired) electrons. The van der Waals surface area contributed by atoms with E-state index in [0.717, 1.165) is 12.2 Å². The smallest absolute Gasteiger partial charge is 0.196 e. The van der Waals surface area contributed by atoms with Crippen molar-refractivity contribution in [3.8, 4) is 0 Å². The minimum atomic E-state index is 0.0274. The predicted molar refractivity (Wildman–Crippen MR) is 66.8 cm³/mol. The summed E-state index contributed by atoms with van der Waals surface area (Å²) in [5.41, 5.74) is 1.09. The quantitative estimate of drug-likeness (QED) is 0.840. The summed E-state index contributed by atoms with van der Waals surface area (Å²) in [6.07, 6.45) is 3.79. The summed E-state index contributed by atoms with van der Waals surface area (Å²) in [4.78, 5) is 4.36. The van der Waals surface area contributed by atoms with E-state index < -0.39 is 0 Å². The molecule has 0 saturated heterocycles. The van der Waals surface area contributed by atoms with Crippen LogP contribution in [0.25, 0.3) is 0 Å². The maximum Gasteiger partial charge on any atom is 0.196 e. The summed E-state index contributed by atoms with van der Waals surface area (Å²) in [6.45, 7) is 9.15. The van der Waals surface area contributed by atoms with Crippen molar-refractivity contribution in [1.82, 2.24) is 35.5 Å². The number of H-pyrrole nitrogens is 1. The molecule has 0 saturated carbocycles. The Morgan fingerprint density at radius 1 is 1.44 bits per heavy atom. The number of hydrogen-bond acceptors (Lipinski definition) is 5. The topological polar surface area (TPSA) is 84.3 Å². The Labute approximate surface area is 106 Å². The van der Waals surface area contributed by atoms with Crippen molar-refractivity contribution in [2.45, 2.75) is 45.8 Å². The normalized spacial score (nSPS) is 13.8. The molecule has 0 aliphatic heterocycles. The fourth-order valence-electron chi connectivity index (χ4n) is 1.52. The van der Waals surface area contributed by atoms with E-state index in [4.69, 9.17) is 0 Å². The van der Waals surface area contributed by atoms with Gasteiger partial charge >= 0.3 is 0 Å². The zero-order valence-corrected chi connectivity index (χ0v) is 11.2. The lowest BCUT2D eigenvalue weighted by atomic mass is 10.1. The van der Waals surface area contributed by atoms with Gasteiger partial charge in [-0.05, 0) is 27.7 Å². The van der Waals surface area contributed by atoms with Gasteiger partial charge in [0.25, 0.3) is 0 Å². The molecule has 2 aromatic rings. The van der Waals surface area contributed by atoms with Crippen LogP contribution in [-0.4, -0.2) is 35.7 Å². The van der Waals surface area contributed by atoms with Crippen LogP contribution in [0.1, 0.15) is 45.3 Å². The maximum absolute atomic E-state index is 4.36. The standard InChI is InChI=1S/C11H19N7/c1-8(10-14-16-17-15-10)18-6-9(12-7-18)5-13-11(2,3)4/h6-8,13H,5H2,1-4H3,(H,14,15,16,17). The van der Waals surface area contributed by atoms with E-state index in [9.17, 15) is 0 Å². The van der Waals surface area contributed by atoms with Gasteiger partial charge < -0.3 is 9.88 Å². The highest BCUT2D eigenvalue weighted by Crippen LogP contribution is 2.12. The van der Waals surface area contributed by atoms with Crippen LogP contribution in [0, 0.1) is 0 Å². The van der Waals surface area contributed by atoms with Crippen LogP contribution in [0.3, 0.4) is 0 Å². The van der Waals surface area contributed by atoms with Crippen molar-refractivity contribution in [1.29, 1.82) is 0 Å². The van der Waals surface area contributed by atoms with Crippen LogP contribution in [0.2, 0.25) is 0 Å². The number of rotatable bonds is 4. The van der Waals surface area contributed by atoms with Crippen LogP contribution in [0.4, 0.5) is 0 Å². The van der Waals surface area contributed by atoms with Gasteiger partial charge in [-0.1, -0.05) is 5.21 Å². The Morgan fingerprint density at radius 2 is 2.22 bits per heavy atom. The number of hydrogen-bond donors (Lipinski definition) is 2. The Hall–Kier alpha value is -1.76. The van der Waals surface area contributed by atoms with Crippen LogP contribution >= 0.6 is 0 Å². The van der Waals surface area contributed by atoms with Gasteiger partial charge in [0.1, 0.15) is 0 Å². The average Bonchev–Trinajstić information content (AvgIpc) is 2.96. The molecule has 1 atom stereocenters. The summed E-state index contributed by atoms with van der Waals surface area (Å²) in [7, 11) is 0. The van der Waals surface area contributed by atoms with E-state index in [2.05, 4.69) is 51.7 Å². The molecule has 2 aromatic heterocycles. The van der Waals surface area contributed by atoms with E-state index in [0.29, 0.717) is 5.82 Å². The Balaban J connectivity index is 2.02. The van der Waals surface area contributed by atoms with Crippen molar-refractivity contribution in [2.75, 3.05) is 0 Å². The Bertz CT molecular complexity index is 480. The number of tetrazole rings is 1. The number of imidazole rings is 1. The van der Waals surface area contributed by atoms with E-state index in [1.54, 1.807) is 6.33 Å². The van der Waals surface area contributed by atoms with Gasteiger partial charge in [-0.25, -0.2) is 4.98 Å². The van der Waals surface area contributed by atoms with Gasteiger partial charge in [0, 0.05) is 18.3 Å². The molecule has 98 valence electrons. The summed E-state index contributed by atoms with van der Waals surface area (Å²) in [5, 5.41) is 17.4. The van der Waals surface area contributed by atoms with Gasteiger partial charge in [-0.15, -0.1) is 10.2 Å². The molecule has 0 aliphatic rings. The van der Waals surface area contributed by atoms with Crippen LogP contribution in [-0.2, 0) is 6.54 Å². The van der Waals surface area contributed by atoms with Gasteiger partial charge in [0.2, 0.25) is 0 Å². The first-order valence-corrected chi connectivity index (χ1v) is 5.96. The van der Waals surface area contributed by atoms with Crippen molar-refractivity contribution >= 4 is 0 Å². The highest BCUT2D eigenvalue weighted by atomic mass is 15.5. The fourth-order valence-corrected chi connectivity index (χ4v) is 1.52. The first kappa shape index (κ1) is 12.7. The molecule has 2 heterocycles. The fraction of sp³-hybridized carbons (Fsp3) is 0.636. The lowest BCUT2D eigenvalue weighted by molar-refractivity contribution is 0.421. The first-order valence-electron chi connectivity index (χ1n) is 5.96. The second-order valence-corrected chi connectivity index (χ2v) is 5.36. The molecule has 0 bridgehead atoms. The Morgan fingerprint density at radius 3 is 2.83 bits per heavy atom. The monoisotopic (exact) mass is 249 g/mol. The third kappa shape index (κ3) is 3.13. The highest BCUT2D eigenvalue weighted by Gasteiger charge is 2.14. The van der Waals surface area contributed by atoms with Crippen LogP contribution in [0.15, 0.2) is 12.5 Å². The summed E-state index contributed by atoms with van der Waals surface area (Å²) in [5.74, 6) is 0.655. The predicted octanol–water partition coefficient (Wildman–Crippen LogP) is 0.894. The van der Waals surface area contributed by atoms with Crippen molar-refractivity contribution in [3.63, 3.8) is 0 Å². The molecule has 0 spiro atoms. The molecular formula is C11H19N7. The molecule has 2 rings (SSSR count). The number of nitrogens with one attached hydrogen (secondary N) is 2. The van der Waals surface area contributed by atoms with Gasteiger partial charge in [-0.3, -0.25) is 0 Å². The first-order chi connectivity index (χ1) is 8.46. The van der Waals surface area contributed by atoms with Gasteiger partial charge in [-0.2, -0.15) is 5.21 Å². The van der Waals surface area contributed by atoms with E-state index in [1.807, 2.05) is 17.7 Å². The van der Waals surface area contributed by atoms with Crippen molar-refractivity contribution in [2.24, 2.45) is 0 Å². The van der Waals surface area contributed by atoms with Crippen LogP contribution < -0.4 is 5.32 Å². The lowest BCUT2D eigenvalue weighted by Crippen LogP contribution is -2.35. The van der Waals surface area contributed by atoms with Crippen LogP contribution in [0.5, 0.6) is 0 Å². The third-order valence-electron chi connectivity index (χ3n) is 2.64. The van der Waals surface area contributed by atoms with Crippen molar-refractivity contribution in [3.05, 3.63) is 24.0 Å². The molecule has 1 unspecified atom stereocenters. The number of aromatic amines is 1. The minimum Gasteiger partial charge on any atom is -0.327 e. The molecule has 2 N–H and O–H groups in total. The molecule has 0 amide bonds. The number of nitrogens with zero attached hydrogens (tertiary/aromatic N) is 5. The van der Waals surface area contributed by atoms with E-state index in [-0.39, 0.29) is 11.6 Å². The maximum atomic E-state index is 4.36. The molecule has 7 heteroatoms. The Kier molecular flexibility index (Phi) is 3.42. The molecule has 0 aliphatic carbocycles. The summed E-state index contributed by atoms with van der Waals surface area (Å²) in [6, 6.07) is 0.0274. The zero-order valence-electron chi connectivity index (χ0n) is 11.2. The lowest BCUT2D eigenvalue weighted by Gasteiger charge is -2.19. The molecule has 18 heavy (non-hydrogen) atoms. The van der Waals surface area contributed by atoms with E-state index >= 15 is 0 Å². The largest absolute Gasteiger partial charge is 0.327 e. The van der Waals surface area contributed by atoms with E-state index in [1.165, 1.54) is 0 Å². The highest BCUT2D eigenvalue weighted by molar-refractivity contribution is 5.02. The average molecular weight is 249 g/mol. The summed E-state index contributed by atoms with van der Waals surface area (Å²) >= 11 is 0.